The molecule has 2 heterocycles. The summed E-state index contributed by atoms with van der Waals surface area (Å²) in [4.78, 5) is 30.3. The molecule has 7 heteroatoms. The van der Waals surface area contributed by atoms with Gasteiger partial charge in [-0.2, -0.15) is 0 Å². The number of benzene rings is 2. The Labute approximate surface area is 157 Å². The summed E-state index contributed by atoms with van der Waals surface area (Å²) in [6, 6.07) is 16.2. The maximum Gasteiger partial charge on any atom is 0.281 e. The lowest BCUT2D eigenvalue weighted by Crippen LogP contribution is -2.33. The topological polar surface area (TPSA) is 64.0 Å². The van der Waals surface area contributed by atoms with E-state index in [0.717, 1.165) is 15.8 Å². The Bertz CT molecular complexity index is 1170. The number of rotatable bonds is 3. The Morgan fingerprint density at radius 1 is 1.08 bits per heavy atom. The number of nitrogens with one attached hydrogen (secondary N) is 1. The molecule has 0 aliphatic carbocycles. The Kier molecular flexibility index (Phi) is 4.28. The summed E-state index contributed by atoms with van der Waals surface area (Å²) >= 11 is 7.44. The van der Waals surface area contributed by atoms with Gasteiger partial charge in [-0.1, -0.05) is 54.1 Å². The summed E-state index contributed by atoms with van der Waals surface area (Å²) in [5.41, 5.74) is 4.22. The second kappa shape index (κ2) is 6.74. The number of thiophene rings is 1. The number of carbonyl (C=O) groups excluding carboxylic acids is 1. The summed E-state index contributed by atoms with van der Waals surface area (Å²) in [6.07, 6.45) is 1.31. The molecule has 0 radical (unpaired) electrons. The Hall–Kier alpha value is -2.96. The van der Waals surface area contributed by atoms with Crippen molar-refractivity contribution in [2.24, 2.45) is 0 Å². The van der Waals surface area contributed by atoms with Crippen molar-refractivity contribution in [3.63, 3.8) is 0 Å². The predicted molar refractivity (Wildman–Crippen MR) is 104 cm³/mol. The fraction of sp³-hybridized carbons (Fsp3) is 0. The normalized spacial score (nSPS) is 10.8. The number of fused-ring (bicyclic) bond motifs is 1. The molecule has 0 aliphatic rings. The monoisotopic (exact) mass is 381 g/mol. The summed E-state index contributed by atoms with van der Waals surface area (Å²) in [5.74, 6) is -0.477. The maximum absolute atomic E-state index is 12.9. The van der Waals surface area contributed by atoms with Crippen LogP contribution >= 0.6 is 22.9 Å². The third kappa shape index (κ3) is 2.89. The van der Waals surface area contributed by atoms with E-state index in [1.807, 2.05) is 35.7 Å². The molecule has 4 aromatic rings. The van der Waals surface area contributed by atoms with E-state index in [4.69, 9.17) is 11.6 Å². The molecular weight excluding hydrogens is 370 g/mol. The predicted octanol–water partition coefficient (Wildman–Crippen LogP) is 4.16. The number of carbonyl (C=O) groups is 1. The van der Waals surface area contributed by atoms with E-state index in [1.54, 1.807) is 24.3 Å². The van der Waals surface area contributed by atoms with Gasteiger partial charge in [-0.3, -0.25) is 15.0 Å². The number of aromatic nitrogens is 2. The van der Waals surface area contributed by atoms with Gasteiger partial charge >= 0.3 is 0 Å². The van der Waals surface area contributed by atoms with Gasteiger partial charge in [0.2, 0.25) is 0 Å². The van der Waals surface area contributed by atoms with E-state index in [1.165, 1.54) is 17.7 Å². The van der Waals surface area contributed by atoms with Crippen molar-refractivity contribution in [1.82, 2.24) is 9.66 Å². The molecule has 5 nitrogen and oxygen atoms in total. The van der Waals surface area contributed by atoms with Crippen LogP contribution in [0.25, 0.3) is 21.3 Å². The van der Waals surface area contributed by atoms with Crippen molar-refractivity contribution < 1.29 is 4.79 Å². The largest absolute Gasteiger partial charge is 0.281 e. The second-order valence-electron chi connectivity index (χ2n) is 5.54. The molecule has 0 atom stereocenters. The fourth-order valence-corrected chi connectivity index (χ4v) is 3.79. The van der Waals surface area contributed by atoms with Crippen LogP contribution in [0.5, 0.6) is 0 Å². The summed E-state index contributed by atoms with van der Waals surface area (Å²) < 4.78 is 1.09. The minimum Gasteiger partial charge on any atom is -0.267 e. The van der Waals surface area contributed by atoms with E-state index >= 15 is 0 Å². The number of hydrogen-bond donors (Lipinski definition) is 1. The van der Waals surface area contributed by atoms with E-state index in [0.29, 0.717) is 15.2 Å². The molecule has 0 aliphatic heterocycles. The van der Waals surface area contributed by atoms with Gasteiger partial charge in [0.25, 0.3) is 11.5 Å². The zero-order valence-corrected chi connectivity index (χ0v) is 14.9. The van der Waals surface area contributed by atoms with Gasteiger partial charge < -0.3 is 0 Å². The summed E-state index contributed by atoms with van der Waals surface area (Å²) in [5, 5.41) is 2.69. The van der Waals surface area contributed by atoms with Crippen molar-refractivity contribution in [1.29, 1.82) is 0 Å². The van der Waals surface area contributed by atoms with Crippen LogP contribution in [-0.4, -0.2) is 15.6 Å². The first-order chi connectivity index (χ1) is 12.6. The van der Waals surface area contributed by atoms with Crippen molar-refractivity contribution in [3.8, 4) is 11.1 Å². The minimum absolute atomic E-state index is 0.287. The van der Waals surface area contributed by atoms with E-state index in [2.05, 4.69) is 10.4 Å². The van der Waals surface area contributed by atoms with Crippen LogP contribution in [-0.2, 0) is 0 Å². The second-order valence-corrected chi connectivity index (χ2v) is 6.80. The average molecular weight is 382 g/mol. The maximum atomic E-state index is 12.9. The first kappa shape index (κ1) is 16.5. The molecule has 1 amide bonds. The van der Waals surface area contributed by atoms with Crippen molar-refractivity contribution in [2.75, 3.05) is 5.43 Å². The van der Waals surface area contributed by atoms with Gasteiger partial charge in [0.05, 0.1) is 16.0 Å². The highest BCUT2D eigenvalue weighted by Gasteiger charge is 2.15. The Balaban J connectivity index is 1.78. The summed E-state index contributed by atoms with van der Waals surface area (Å²) in [7, 11) is 0. The highest BCUT2D eigenvalue weighted by molar-refractivity contribution is 7.17. The molecule has 2 aromatic heterocycles. The lowest BCUT2D eigenvalue weighted by Gasteiger charge is -2.09. The molecule has 0 saturated carbocycles. The molecule has 0 bridgehead atoms. The van der Waals surface area contributed by atoms with E-state index < -0.39 is 5.91 Å². The first-order valence-corrected chi connectivity index (χ1v) is 9.01. The number of halogens is 1. The van der Waals surface area contributed by atoms with Gasteiger partial charge in [-0.15, -0.1) is 11.3 Å². The highest BCUT2D eigenvalue weighted by atomic mass is 35.5. The number of nitrogens with zero attached hydrogens (tertiary/aromatic N) is 2. The van der Waals surface area contributed by atoms with Crippen LogP contribution in [0.15, 0.2) is 71.1 Å². The van der Waals surface area contributed by atoms with Crippen LogP contribution in [0.2, 0.25) is 5.02 Å². The Morgan fingerprint density at radius 3 is 2.58 bits per heavy atom. The molecule has 1 N–H and O–H groups in total. The lowest BCUT2D eigenvalue weighted by atomic mass is 10.1. The summed E-state index contributed by atoms with van der Waals surface area (Å²) in [6.45, 7) is 0. The molecule has 0 fully saturated rings. The van der Waals surface area contributed by atoms with Crippen LogP contribution in [0.4, 0.5) is 0 Å². The zero-order chi connectivity index (χ0) is 18.1. The SMILES string of the molecule is O=C(Nn1cnc2scc(-c3ccccc3)c2c1=O)c1ccccc1Cl. The zero-order valence-electron chi connectivity index (χ0n) is 13.3. The van der Waals surface area contributed by atoms with Gasteiger partial charge in [-0.05, 0) is 17.7 Å². The number of amides is 1. The fourth-order valence-electron chi connectivity index (χ4n) is 2.66. The van der Waals surface area contributed by atoms with Crippen LogP contribution in [0, 0.1) is 0 Å². The molecule has 0 saturated heterocycles. The average Bonchev–Trinajstić information content (AvgIpc) is 3.10. The first-order valence-electron chi connectivity index (χ1n) is 7.75. The van der Waals surface area contributed by atoms with Crippen molar-refractivity contribution in [3.05, 3.63) is 87.2 Å². The van der Waals surface area contributed by atoms with Crippen molar-refractivity contribution >= 4 is 39.1 Å². The van der Waals surface area contributed by atoms with Crippen LogP contribution < -0.4 is 11.0 Å². The molecular formula is C19H12ClN3O2S. The van der Waals surface area contributed by atoms with Crippen LogP contribution in [0.1, 0.15) is 10.4 Å². The molecule has 0 unspecified atom stereocenters. The molecule has 2 aromatic carbocycles. The highest BCUT2D eigenvalue weighted by Crippen LogP contribution is 2.30. The van der Waals surface area contributed by atoms with E-state index in [9.17, 15) is 9.59 Å². The van der Waals surface area contributed by atoms with E-state index in [-0.39, 0.29) is 11.1 Å². The van der Waals surface area contributed by atoms with Gasteiger partial charge in [-0.25, -0.2) is 9.66 Å². The Morgan fingerprint density at radius 2 is 1.81 bits per heavy atom. The van der Waals surface area contributed by atoms with Crippen molar-refractivity contribution in [2.45, 2.75) is 0 Å². The molecule has 26 heavy (non-hydrogen) atoms. The molecule has 128 valence electrons. The minimum atomic E-state index is -0.477. The number of hydrogen-bond acceptors (Lipinski definition) is 4. The third-order valence-electron chi connectivity index (χ3n) is 3.92. The van der Waals surface area contributed by atoms with Gasteiger partial charge in [0.1, 0.15) is 11.2 Å². The van der Waals surface area contributed by atoms with Gasteiger partial charge in [0, 0.05) is 10.9 Å². The molecule has 4 rings (SSSR count). The third-order valence-corrected chi connectivity index (χ3v) is 5.14. The smallest absolute Gasteiger partial charge is 0.267 e. The standard InChI is InChI=1S/C19H12ClN3O2S/c20-15-9-5-4-8-13(15)17(24)22-23-11-21-18-16(19(23)25)14(10-26-18)12-6-2-1-3-7-12/h1-11H,(H,22,24). The van der Waals surface area contributed by atoms with Gasteiger partial charge in [0.15, 0.2) is 0 Å². The van der Waals surface area contributed by atoms with Crippen LogP contribution in [0.3, 0.4) is 0 Å². The lowest BCUT2D eigenvalue weighted by molar-refractivity contribution is 0.101. The quantitative estimate of drug-likeness (QED) is 0.579. The molecule has 0 spiro atoms.